The molecular formula is C26H27NO5. The number of hydrogen-bond donors (Lipinski definition) is 2. The van der Waals surface area contributed by atoms with Gasteiger partial charge in [-0.25, -0.2) is 0 Å². The van der Waals surface area contributed by atoms with E-state index in [0.717, 1.165) is 48.3 Å². The van der Waals surface area contributed by atoms with Crippen LogP contribution in [-0.2, 0) is 11.3 Å². The van der Waals surface area contributed by atoms with Gasteiger partial charge in [0.15, 0.2) is 0 Å². The lowest BCUT2D eigenvalue weighted by molar-refractivity contribution is -0.138. The highest BCUT2D eigenvalue weighted by atomic mass is 16.5. The first kappa shape index (κ1) is 21.7. The van der Waals surface area contributed by atoms with E-state index >= 15 is 0 Å². The van der Waals surface area contributed by atoms with Crippen molar-refractivity contribution in [1.82, 2.24) is 5.32 Å². The van der Waals surface area contributed by atoms with E-state index < -0.39 is 5.97 Å². The molecule has 0 bridgehead atoms. The van der Waals surface area contributed by atoms with Crippen LogP contribution < -0.4 is 10.1 Å². The van der Waals surface area contributed by atoms with Crippen LogP contribution in [0, 0.1) is 5.92 Å². The molecule has 1 amide bonds. The summed E-state index contributed by atoms with van der Waals surface area (Å²) in [6, 6.07) is 18.7. The van der Waals surface area contributed by atoms with Crippen LogP contribution in [0.25, 0.3) is 11.3 Å². The molecule has 1 aliphatic rings. The normalized spacial score (nSPS) is 18.1. The predicted octanol–water partition coefficient (Wildman–Crippen LogP) is 5.29. The Bertz CT molecular complexity index is 1030. The molecule has 32 heavy (non-hydrogen) atoms. The van der Waals surface area contributed by atoms with E-state index in [0.29, 0.717) is 12.1 Å². The van der Waals surface area contributed by atoms with Crippen molar-refractivity contribution in [1.29, 1.82) is 0 Å². The van der Waals surface area contributed by atoms with Gasteiger partial charge in [0.2, 0.25) is 0 Å². The van der Waals surface area contributed by atoms with Crippen LogP contribution in [0.4, 0.5) is 0 Å². The molecule has 0 radical (unpaired) electrons. The van der Waals surface area contributed by atoms with Crippen LogP contribution >= 0.6 is 0 Å². The molecule has 6 heteroatoms. The highest BCUT2D eigenvalue weighted by Crippen LogP contribution is 2.31. The zero-order chi connectivity index (χ0) is 22.3. The van der Waals surface area contributed by atoms with Crippen LogP contribution in [0.15, 0.2) is 71.3 Å². The number of benzene rings is 2. The average molecular weight is 434 g/mol. The maximum atomic E-state index is 12.6. The molecule has 1 fully saturated rings. The van der Waals surface area contributed by atoms with Crippen molar-refractivity contribution in [3.63, 3.8) is 0 Å². The summed E-state index contributed by atoms with van der Waals surface area (Å²) >= 11 is 0. The molecule has 0 atom stereocenters. The summed E-state index contributed by atoms with van der Waals surface area (Å²) in [7, 11) is 0. The minimum absolute atomic E-state index is 0.0750. The third kappa shape index (κ3) is 5.58. The fourth-order valence-electron chi connectivity index (χ4n) is 4.15. The molecule has 166 valence electrons. The predicted molar refractivity (Wildman–Crippen MR) is 120 cm³/mol. The fraction of sp³-hybridized carbons (Fsp3) is 0.308. The first-order chi connectivity index (χ1) is 15.6. The Balaban J connectivity index is 1.32. The average Bonchev–Trinajstić information content (AvgIpc) is 3.34. The zero-order valence-corrected chi connectivity index (χ0v) is 17.8. The third-order valence-electron chi connectivity index (χ3n) is 5.92. The van der Waals surface area contributed by atoms with Crippen molar-refractivity contribution in [3.8, 4) is 17.1 Å². The van der Waals surface area contributed by atoms with Gasteiger partial charge in [-0.15, -0.1) is 0 Å². The lowest BCUT2D eigenvalue weighted by atomic mass is 9.85. The number of ether oxygens (including phenoxy) is 1. The van der Waals surface area contributed by atoms with E-state index in [-0.39, 0.29) is 24.3 Å². The molecule has 3 aromatic rings. The Morgan fingerprint density at radius 2 is 1.72 bits per heavy atom. The number of aliphatic carboxylic acids is 1. The van der Waals surface area contributed by atoms with Gasteiger partial charge in [0.25, 0.3) is 5.91 Å². The topological polar surface area (TPSA) is 88.8 Å². The second kappa shape index (κ2) is 10.2. The summed E-state index contributed by atoms with van der Waals surface area (Å²) in [5.41, 5.74) is 2.42. The van der Waals surface area contributed by atoms with Crippen LogP contribution in [0.5, 0.6) is 5.75 Å². The minimum Gasteiger partial charge on any atom is -0.490 e. The Kier molecular flexibility index (Phi) is 6.90. The molecule has 0 saturated heterocycles. The van der Waals surface area contributed by atoms with E-state index in [9.17, 15) is 9.59 Å². The van der Waals surface area contributed by atoms with E-state index in [1.54, 1.807) is 18.4 Å². The van der Waals surface area contributed by atoms with Crippen LogP contribution in [0.3, 0.4) is 0 Å². The summed E-state index contributed by atoms with van der Waals surface area (Å²) in [4.78, 5) is 23.5. The van der Waals surface area contributed by atoms with Crippen molar-refractivity contribution in [2.45, 2.75) is 44.8 Å². The van der Waals surface area contributed by atoms with Gasteiger partial charge in [-0.05, 0) is 61.9 Å². The number of furan rings is 1. The Morgan fingerprint density at radius 3 is 2.41 bits per heavy atom. The van der Waals surface area contributed by atoms with E-state index in [2.05, 4.69) is 5.32 Å². The summed E-state index contributed by atoms with van der Waals surface area (Å²) in [6.45, 7) is 0.364. The van der Waals surface area contributed by atoms with Crippen molar-refractivity contribution < 1.29 is 23.8 Å². The SMILES string of the molecule is O=C(O)CC1CCC(Oc2ccccc2CNC(=O)c2ccc(-c3ccco3)cc2)CC1. The lowest BCUT2D eigenvalue weighted by Gasteiger charge is -2.29. The van der Waals surface area contributed by atoms with Crippen molar-refractivity contribution >= 4 is 11.9 Å². The molecule has 2 aromatic carbocycles. The molecule has 1 aliphatic carbocycles. The number of nitrogens with one attached hydrogen (secondary N) is 1. The van der Waals surface area contributed by atoms with Gasteiger partial charge in [0, 0.05) is 29.7 Å². The first-order valence-corrected chi connectivity index (χ1v) is 11.0. The first-order valence-electron chi connectivity index (χ1n) is 11.0. The Hall–Kier alpha value is -3.54. The highest BCUT2D eigenvalue weighted by molar-refractivity contribution is 5.94. The second-order valence-electron chi connectivity index (χ2n) is 8.20. The zero-order valence-electron chi connectivity index (χ0n) is 17.8. The molecule has 1 heterocycles. The van der Waals surface area contributed by atoms with E-state index in [1.807, 2.05) is 48.5 Å². The van der Waals surface area contributed by atoms with Crippen molar-refractivity contribution in [3.05, 3.63) is 78.1 Å². The van der Waals surface area contributed by atoms with Crippen molar-refractivity contribution in [2.75, 3.05) is 0 Å². The van der Waals surface area contributed by atoms with Gasteiger partial charge in [0.1, 0.15) is 11.5 Å². The number of carboxylic acid groups (broad SMARTS) is 1. The summed E-state index contributed by atoms with van der Waals surface area (Å²) in [5, 5.41) is 11.9. The number of hydrogen-bond acceptors (Lipinski definition) is 4. The molecule has 2 N–H and O–H groups in total. The lowest BCUT2D eigenvalue weighted by Crippen LogP contribution is -2.27. The van der Waals surface area contributed by atoms with Gasteiger partial charge in [-0.3, -0.25) is 9.59 Å². The maximum absolute atomic E-state index is 12.6. The Morgan fingerprint density at radius 1 is 0.969 bits per heavy atom. The molecule has 0 spiro atoms. The highest BCUT2D eigenvalue weighted by Gasteiger charge is 2.24. The third-order valence-corrected chi connectivity index (χ3v) is 5.92. The fourth-order valence-corrected chi connectivity index (χ4v) is 4.15. The quantitative estimate of drug-likeness (QED) is 0.504. The van der Waals surface area contributed by atoms with Crippen LogP contribution in [-0.4, -0.2) is 23.1 Å². The maximum Gasteiger partial charge on any atom is 0.303 e. The van der Waals surface area contributed by atoms with Crippen molar-refractivity contribution in [2.24, 2.45) is 5.92 Å². The molecular weight excluding hydrogens is 406 g/mol. The molecule has 0 aliphatic heterocycles. The Labute approximate surface area is 187 Å². The minimum atomic E-state index is -0.730. The number of amides is 1. The van der Waals surface area contributed by atoms with Crippen LogP contribution in [0.1, 0.15) is 48.0 Å². The van der Waals surface area contributed by atoms with E-state index in [1.165, 1.54) is 0 Å². The summed E-state index contributed by atoms with van der Waals surface area (Å²) in [6.07, 6.45) is 5.36. The van der Waals surface area contributed by atoms with E-state index in [4.69, 9.17) is 14.3 Å². The van der Waals surface area contributed by atoms with Gasteiger partial charge >= 0.3 is 5.97 Å². The monoisotopic (exact) mass is 433 g/mol. The molecule has 4 rings (SSSR count). The number of carbonyl (C=O) groups excluding carboxylic acids is 1. The smallest absolute Gasteiger partial charge is 0.303 e. The van der Waals surface area contributed by atoms with Gasteiger partial charge in [-0.2, -0.15) is 0 Å². The molecule has 1 aromatic heterocycles. The van der Waals surface area contributed by atoms with Gasteiger partial charge in [0.05, 0.1) is 12.4 Å². The van der Waals surface area contributed by atoms with Gasteiger partial charge < -0.3 is 19.6 Å². The summed E-state index contributed by atoms with van der Waals surface area (Å²) in [5.74, 6) is 0.884. The number of rotatable bonds is 8. The standard InChI is InChI=1S/C26H27NO5/c28-25(29)16-18-7-13-22(14-8-18)32-24-5-2-1-4-21(24)17-27-26(30)20-11-9-19(10-12-20)23-6-3-15-31-23/h1-6,9-12,15,18,22H,7-8,13-14,16-17H2,(H,27,30)(H,28,29). The number of carboxylic acids is 1. The molecule has 6 nitrogen and oxygen atoms in total. The van der Waals surface area contributed by atoms with Gasteiger partial charge in [-0.1, -0.05) is 30.3 Å². The largest absolute Gasteiger partial charge is 0.490 e. The summed E-state index contributed by atoms with van der Waals surface area (Å²) < 4.78 is 11.6. The second-order valence-corrected chi connectivity index (χ2v) is 8.20. The van der Waals surface area contributed by atoms with Crippen LogP contribution in [0.2, 0.25) is 0 Å². The molecule has 0 unspecified atom stereocenters. The number of carbonyl (C=O) groups is 2. The molecule has 1 saturated carbocycles. The number of para-hydroxylation sites is 1.